The van der Waals surface area contributed by atoms with E-state index >= 15 is 0 Å². The van der Waals surface area contributed by atoms with Gasteiger partial charge in [0.2, 0.25) is 0 Å². The second-order valence-corrected chi connectivity index (χ2v) is 3.16. The zero-order valence-corrected chi connectivity index (χ0v) is 9.37. The van der Waals surface area contributed by atoms with E-state index in [1.165, 1.54) is 7.11 Å². The molecular formula is C10H12F2N2O3. The Hall–Kier alpha value is -1.92. The molecule has 17 heavy (non-hydrogen) atoms. The van der Waals surface area contributed by atoms with Crippen LogP contribution in [0.5, 0.6) is 5.75 Å². The van der Waals surface area contributed by atoms with Crippen LogP contribution in [0.15, 0.2) is 6.20 Å². The van der Waals surface area contributed by atoms with Crippen molar-refractivity contribution >= 4 is 11.8 Å². The molecule has 1 heterocycles. The molecule has 0 amide bonds. The van der Waals surface area contributed by atoms with Crippen LogP contribution in [0.2, 0.25) is 0 Å². The summed E-state index contributed by atoms with van der Waals surface area (Å²) in [5.74, 6) is -0.909. The van der Waals surface area contributed by atoms with E-state index in [1.54, 1.807) is 0 Å². The molecule has 94 valence electrons. The second kappa shape index (κ2) is 5.42. The van der Waals surface area contributed by atoms with Gasteiger partial charge in [0, 0.05) is 5.56 Å². The van der Waals surface area contributed by atoms with Gasteiger partial charge in [-0.1, -0.05) is 0 Å². The maximum Gasteiger partial charge on any atom is 0.310 e. The van der Waals surface area contributed by atoms with Gasteiger partial charge in [0.15, 0.2) is 0 Å². The molecule has 0 aliphatic rings. The number of nitrogens with two attached hydrogens (primary N) is 1. The number of ether oxygens (including phenoxy) is 2. The van der Waals surface area contributed by atoms with E-state index in [0.29, 0.717) is 0 Å². The number of rotatable bonds is 4. The van der Waals surface area contributed by atoms with E-state index in [-0.39, 0.29) is 23.6 Å². The molecule has 0 fully saturated rings. The minimum absolute atomic E-state index is 0.0637. The third-order valence-corrected chi connectivity index (χ3v) is 2.21. The summed E-state index contributed by atoms with van der Waals surface area (Å²) in [6.07, 6.45) is -2.08. The van der Waals surface area contributed by atoms with Gasteiger partial charge in [-0.05, 0) is 0 Å². The van der Waals surface area contributed by atoms with Gasteiger partial charge in [-0.2, -0.15) is 0 Å². The molecule has 2 N–H and O–H groups in total. The van der Waals surface area contributed by atoms with Crippen LogP contribution in [0.4, 0.5) is 14.6 Å². The number of carbonyl (C=O) groups is 1. The van der Waals surface area contributed by atoms with Crippen LogP contribution in [-0.4, -0.2) is 25.2 Å². The number of aromatic nitrogens is 1. The van der Waals surface area contributed by atoms with Crippen LogP contribution in [0.1, 0.15) is 17.6 Å². The number of methoxy groups -OCH3 is 2. The zero-order chi connectivity index (χ0) is 13.0. The van der Waals surface area contributed by atoms with E-state index < -0.39 is 18.0 Å². The highest BCUT2D eigenvalue weighted by Crippen LogP contribution is 2.34. The van der Waals surface area contributed by atoms with Gasteiger partial charge in [0.25, 0.3) is 6.43 Å². The Morgan fingerprint density at radius 2 is 2.18 bits per heavy atom. The Kier molecular flexibility index (Phi) is 4.19. The summed E-state index contributed by atoms with van der Waals surface area (Å²) in [4.78, 5) is 14.8. The molecule has 0 unspecified atom stereocenters. The predicted octanol–water partition coefficient (Wildman–Crippen LogP) is 1.33. The van der Waals surface area contributed by atoms with Crippen LogP contribution in [0, 0.1) is 0 Å². The average Bonchev–Trinajstić information content (AvgIpc) is 2.30. The first-order valence-electron chi connectivity index (χ1n) is 4.67. The minimum atomic E-state index is -2.81. The summed E-state index contributed by atoms with van der Waals surface area (Å²) < 4.78 is 35.0. The molecule has 5 nitrogen and oxygen atoms in total. The van der Waals surface area contributed by atoms with Gasteiger partial charge >= 0.3 is 5.97 Å². The molecule has 0 atom stereocenters. The molecule has 0 spiro atoms. The lowest BCUT2D eigenvalue weighted by atomic mass is 10.1. The van der Waals surface area contributed by atoms with Crippen molar-refractivity contribution in [2.45, 2.75) is 12.8 Å². The molecule has 0 aliphatic heterocycles. The van der Waals surface area contributed by atoms with Crippen LogP contribution < -0.4 is 10.5 Å². The maximum absolute atomic E-state index is 12.9. The van der Waals surface area contributed by atoms with Crippen molar-refractivity contribution in [2.75, 3.05) is 20.0 Å². The van der Waals surface area contributed by atoms with E-state index in [1.807, 2.05) is 0 Å². The number of alkyl halides is 2. The van der Waals surface area contributed by atoms with Gasteiger partial charge in [-0.3, -0.25) is 4.79 Å². The first-order valence-corrected chi connectivity index (χ1v) is 4.67. The predicted molar refractivity (Wildman–Crippen MR) is 55.9 cm³/mol. The van der Waals surface area contributed by atoms with Crippen molar-refractivity contribution in [1.82, 2.24) is 4.98 Å². The van der Waals surface area contributed by atoms with Crippen molar-refractivity contribution in [1.29, 1.82) is 0 Å². The molecule has 1 aromatic heterocycles. The molecular weight excluding hydrogens is 234 g/mol. The number of esters is 1. The zero-order valence-electron chi connectivity index (χ0n) is 9.37. The maximum atomic E-state index is 12.9. The lowest BCUT2D eigenvalue weighted by Gasteiger charge is -2.13. The van der Waals surface area contributed by atoms with E-state index in [4.69, 9.17) is 10.5 Å². The fourth-order valence-corrected chi connectivity index (χ4v) is 1.37. The van der Waals surface area contributed by atoms with Crippen molar-refractivity contribution in [3.63, 3.8) is 0 Å². The number of halogens is 2. The number of nitrogen functional groups attached to an aromatic ring is 1. The Balaban J connectivity index is 3.28. The lowest BCUT2D eigenvalue weighted by molar-refractivity contribution is -0.139. The smallest absolute Gasteiger partial charge is 0.310 e. The van der Waals surface area contributed by atoms with Crippen LogP contribution in [-0.2, 0) is 16.0 Å². The molecule has 0 radical (unpaired) electrons. The Morgan fingerprint density at radius 1 is 1.53 bits per heavy atom. The minimum Gasteiger partial charge on any atom is -0.495 e. The summed E-state index contributed by atoms with van der Waals surface area (Å²) in [7, 11) is 2.40. The first kappa shape index (κ1) is 13.1. The summed E-state index contributed by atoms with van der Waals surface area (Å²) >= 11 is 0. The Morgan fingerprint density at radius 3 is 2.65 bits per heavy atom. The van der Waals surface area contributed by atoms with Gasteiger partial charge in [0.1, 0.15) is 11.6 Å². The molecule has 0 aliphatic carbocycles. The standard InChI is InChI=1S/C10H12F2N2O3/c1-16-6-4-14-10(13)5(3-7(15)17-2)8(6)9(11)12/h4,9H,3H2,1-2H3,(H2,13,14). The lowest BCUT2D eigenvalue weighted by Crippen LogP contribution is -2.12. The fraction of sp³-hybridized carbons (Fsp3) is 0.400. The largest absolute Gasteiger partial charge is 0.495 e. The monoisotopic (exact) mass is 246 g/mol. The summed E-state index contributed by atoms with van der Waals surface area (Å²) in [6.45, 7) is 0. The highest BCUT2D eigenvalue weighted by atomic mass is 19.3. The number of nitrogens with zero attached hydrogens (tertiary/aromatic N) is 1. The summed E-state index contributed by atoms with van der Waals surface area (Å²) in [5, 5.41) is 0. The molecule has 1 aromatic rings. The number of hydrogen-bond donors (Lipinski definition) is 1. The van der Waals surface area contributed by atoms with Gasteiger partial charge in [0.05, 0.1) is 32.4 Å². The van der Waals surface area contributed by atoms with Crippen LogP contribution in [0.25, 0.3) is 0 Å². The van der Waals surface area contributed by atoms with Crippen LogP contribution >= 0.6 is 0 Å². The van der Waals surface area contributed by atoms with Gasteiger partial charge in [-0.25, -0.2) is 13.8 Å². The van der Waals surface area contributed by atoms with Gasteiger partial charge < -0.3 is 15.2 Å². The molecule has 0 saturated carbocycles. The molecule has 1 rings (SSSR count). The molecule has 0 saturated heterocycles. The average molecular weight is 246 g/mol. The number of carbonyl (C=O) groups excluding carboxylic acids is 1. The number of hydrogen-bond acceptors (Lipinski definition) is 5. The van der Waals surface area contributed by atoms with Crippen molar-refractivity contribution < 1.29 is 23.0 Å². The Labute approximate surface area is 96.5 Å². The van der Waals surface area contributed by atoms with Crippen molar-refractivity contribution in [3.8, 4) is 5.75 Å². The highest BCUT2D eigenvalue weighted by molar-refractivity contribution is 5.75. The fourth-order valence-electron chi connectivity index (χ4n) is 1.37. The quantitative estimate of drug-likeness (QED) is 0.811. The Bertz CT molecular complexity index is 424. The molecule has 7 heteroatoms. The third kappa shape index (κ3) is 2.80. The van der Waals surface area contributed by atoms with Crippen molar-refractivity contribution in [2.24, 2.45) is 0 Å². The normalized spacial score (nSPS) is 10.4. The number of anilines is 1. The first-order chi connectivity index (χ1) is 8.01. The van der Waals surface area contributed by atoms with E-state index in [9.17, 15) is 13.6 Å². The van der Waals surface area contributed by atoms with Crippen molar-refractivity contribution in [3.05, 3.63) is 17.3 Å². The second-order valence-electron chi connectivity index (χ2n) is 3.16. The third-order valence-electron chi connectivity index (χ3n) is 2.21. The highest BCUT2D eigenvalue weighted by Gasteiger charge is 2.23. The van der Waals surface area contributed by atoms with E-state index in [2.05, 4.69) is 9.72 Å². The summed E-state index contributed by atoms with van der Waals surface area (Å²) in [6, 6.07) is 0. The summed E-state index contributed by atoms with van der Waals surface area (Å²) in [5.41, 5.74) is 4.99. The molecule has 0 bridgehead atoms. The van der Waals surface area contributed by atoms with E-state index in [0.717, 1.165) is 13.3 Å². The number of pyridine rings is 1. The van der Waals surface area contributed by atoms with Gasteiger partial charge in [-0.15, -0.1) is 0 Å². The van der Waals surface area contributed by atoms with Crippen LogP contribution in [0.3, 0.4) is 0 Å². The SMILES string of the molecule is COC(=O)Cc1c(N)ncc(OC)c1C(F)F. The topological polar surface area (TPSA) is 74.4 Å². The molecule has 0 aromatic carbocycles.